The molecule has 1 aromatic heterocycles. The molecule has 11 aromatic rings. The van der Waals surface area contributed by atoms with Gasteiger partial charge in [0.2, 0.25) is 0 Å². The molecule has 1 aliphatic heterocycles. The minimum Gasteiger partial charge on any atom is -0.453 e. The van der Waals surface area contributed by atoms with E-state index in [0.717, 1.165) is 50.9 Å². The van der Waals surface area contributed by atoms with E-state index in [9.17, 15) is 0 Å². The van der Waals surface area contributed by atoms with Crippen LogP contribution in [0.3, 0.4) is 0 Å². The second-order valence-corrected chi connectivity index (χ2v) is 14.9. The van der Waals surface area contributed by atoms with Crippen LogP contribution in [0.15, 0.2) is 206 Å². The van der Waals surface area contributed by atoms with Gasteiger partial charge in [0, 0.05) is 33.1 Å². The molecule has 0 fully saturated rings. The van der Waals surface area contributed by atoms with Crippen LogP contribution in [0, 0.1) is 0 Å². The van der Waals surface area contributed by atoms with Gasteiger partial charge in [-0.15, -0.1) is 0 Å². The molecule has 266 valence electrons. The molecule has 1 aliphatic rings. The Hall–Kier alpha value is -7.62. The zero-order chi connectivity index (χ0) is 37.5. The maximum Gasteiger partial charge on any atom is 0.152 e. The zero-order valence-corrected chi connectivity index (χ0v) is 30.9. The highest BCUT2D eigenvalue weighted by atomic mass is 16.5. The van der Waals surface area contributed by atoms with E-state index >= 15 is 0 Å². The fraction of sp³-hybridized carbons (Fsp3) is 0. The van der Waals surface area contributed by atoms with Gasteiger partial charge in [-0.05, 0) is 92.2 Å². The molecule has 0 aliphatic carbocycles. The van der Waals surface area contributed by atoms with Gasteiger partial charge in [0.15, 0.2) is 11.5 Å². The molecule has 0 N–H and O–H groups in total. The molecule has 3 heteroatoms. The number of fused-ring (bicyclic) bond motifs is 9. The van der Waals surface area contributed by atoms with Crippen molar-refractivity contribution in [1.82, 2.24) is 4.57 Å². The summed E-state index contributed by atoms with van der Waals surface area (Å²) in [6.07, 6.45) is 0. The maximum absolute atomic E-state index is 6.63. The molecule has 0 saturated carbocycles. The van der Waals surface area contributed by atoms with Gasteiger partial charge in [-0.2, -0.15) is 0 Å². The van der Waals surface area contributed by atoms with Crippen molar-refractivity contribution in [3.63, 3.8) is 0 Å². The molecule has 0 spiro atoms. The average Bonchev–Trinajstić information content (AvgIpc) is 3.62. The van der Waals surface area contributed by atoms with Crippen LogP contribution >= 0.6 is 0 Å². The summed E-state index contributed by atoms with van der Waals surface area (Å²) in [4.78, 5) is 2.41. The van der Waals surface area contributed by atoms with Gasteiger partial charge in [-0.25, -0.2) is 0 Å². The molecule has 0 atom stereocenters. The quantitative estimate of drug-likeness (QED) is 0.164. The fourth-order valence-corrected chi connectivity index (χ4v) is 9.19. The van der Waals surface area contributed by atoms with Crippen LogP contribution in [0.25, 0.3) is 82.1 Å². The molecule has 0 amide bonds. The van der Waals surface area contributed by atoms with Gasteiger partial charge in [-0.1, -0.05) is 158 Å². The Morgan fingerprint density at radius 2 is 0.912 bits per heavy atom. The lowest BCUT2D eigenvalue weighted by atomic mass is 9.97. The topological polar surface area (TPSA) is 17.4 Å². The van der Waals surface area contributed by atoms with Gasteiger partial charge in [0.1, 0.15) is 0 Å². The minimum atomic E-state index is 0.855. The smallest absolute Gasteiger partial charge is 0.152 e. The van der Waals surface area contributed by atoms with Crippen LogP contribution in [0.1, 0.15) is 0 Å². The summed E-state index contributed by atoms with van der Waals surface area (Å²) in [7, 11) is 0. The first kappa shape index (κ1) is 31.7. The van der Waals surface area contributed by atoms with Crippen LogP contribution in [0.5, 0.6) is 11.5 Å². The third-order valence-corrected chi connectivity index (χ3v) is 11.8. The number of para-hydroxylation sites is 3. The van der Waals surface area contributed by atoms with E-state index in [1.807, 2.05) is 0 Å². The van der Waals surface area contributed by atoms with E-state index in [-0.39, 0.29) is 0 Å². The molecule has 2 heterocycles. The monoisotopic (exact) mass is 726 g/mol. The average molecular weight is 727 g/mol. The fourth-order valence-electron chi connectivity index (χ4n) is 9.19. The lowest BCUT2D eigenvalue weighted by Gasteiger charge is -2.28. The van der Waals surface area contributed by atoms with Crippen molar-refractivity contribution in [3.05, 3.63) is 206 Å². The van der Waals surface area contributed by atoms with Crippen LogP contribution in [-0.4, -0.2) is 4.57 Å². The first-order valence-electron chi connectivity index (χ1n) is 19.5. The number of hydrogen-bond donors (Lipinski definition) is 0. The first-order chi connectivity index (χ1) is 28.3. The summed E-state index contributed by atoms with van der Waals surface area (Å²) in [5.41, 5.74) is 11.3. The second kappa shape index (κ2) is 12.5. The Balaban J connectivity index is 1.03. The summed E-state index contributed by atoms with van der Waals surface area (Å²) < 4.78 is 9.03. The SMILES string of the molecule is c1cc2c(c(-c3ccc(N(c4ccc(-c5cccc6ccccc56)cc4)c4cc5ccccc5c5ccccc45)cc3)c1)-n1c3ccccc3c3cccc(c31)O2. The number of benzene rings is 10. The Morgan fingerprint density at radius 1 is 0.368 bits per heavy atom. The first-order valence-corrected chi connectivity index (χ1v) is 19.5. The molecular weight excluding hydrogens is 693 g/mol. The predicted octanol–water partition coefficient (Wildman–Crippen LogP) is 15.2. The number of nitrogens with zero attached hydrogens (tertiary/aromatic N) is 2. The molecule has 3 nitrogen and oxygen atoms in total. The van der Waals surface area contributed by atoms with E-state index in [4.69, 9.17) is 4.74 Å². The van der Waals surface area contributed by atoms with Gasteiger partial charge in [0.05, 0.1) is 22.4 Å². The highest BCUT2D eigenvalue weighted by Crippen LogP contribution is 2.49. The van der Waals surface area contributed by atoms with Crippen molar-refractivity contribution in [3.8, 4) is 39.4 Å². The summed E-state index contributed by atoms with van der Waals surface area (Å²) in [6.45, 7) is 0. The lowest BCUT2D eigenvalue weighted by Crippen LogP contribution is -2.11. The van der Waals surface area contributed by atoms with E-state index in [1.165, 1.54) is 59.7 Å². The molecule has 0 unspecified atom stereocenters. The van der Waals surface area contributed by atoms with Crippen LogP contribution in [0.4, 0.5) is 17.1 Å². The third-order valence-electron chi connectivity index (χ3n) is 11.8. The molecule has 10 aromatic carbocycles. The Labute approximate surface area is 329 Å². The summed E-state index contributed by atoms with van der Waals surface area (Å²) in [5.74, 6) is 1.74. The standard InChI is InChI=1S/C54H34N2O/c1-3-15-41-35(12-1)14-9-20-42(41)36-26-30-39(31-27-36)55(50-34-38-13-2-4-16-43(38)45-17-5-6-18-46(45)50)40-32-28-37(29-33-40)44-21-10-24-51-53(44)56-49-23-8-7-19-47(49)48-22-11-25-52(57-51)54(48)56/h1-34H. The third kappa shape index (κ3) is 4.86. The number of aromatic nitrogens is 1. The van der Waals surface area contributed by atoms with Crippen LogP contribution in [0.2, 0.25) is 0 Å². The van der Waals surface area contributed by atoms with Gasteiger partial charge in [0.25, 0.3) is 0 Å². The van der Waals surface area contributed by atoms with Crippen molar-refractivity contribution >= 4 is 71.2 Å². The highest BCUT2D eigenvalue weighted by Gasteiger charge is 2.26. The van der Waals surface area contributed by atoms with Crippen molar-refractivity contribution in [2.45, 2.75) is 0 Å². The van der Waals surface area contributed by atoms with Gasteiger partial charge < -0.3 is 14.2 Å². The maximum atomic E-state index is 6.63. The lowest BCUT2D eigenvalue weighted by molar-refractivity contribution is 0.477. The van der Waals surface area contributed by atoms with Crippen molar-refractivity contribution < 1.29 is 4.74 Å². The number of hydrogen-bond acceptors (Lipinski definition) is 2. The van der Waals surface area contributed by atoms with Gasteiger partial charge >= 0.3 is 0 Å². The molecule has 57 heavy (non-hydrogen) atoms. The number of ether oxygens (including phenoxy) is 1. The highest BCUT2D eigenvalue weighted by molar-refractivity contribution is 6.15. The minimum absolute atomic E-state index is 0.855. The zero-order valence-electron chi connectivity index (χ0n) is 30.9. The summed E-state index contributed by atoms with van der Waals surface area (Å²) >= 11 is 0. The number of anilines is 3. The van der Waals surface area contributed by atoms with E-state index in [1.54, 1.807) is 0 Å². The second-order valence-electron chi connectivity index (χ2n) is 14.9. The van der Waals surface area contributed by atoms with Crippen molar-refractivity contribution in [2.24, 2.45) is 0 Å². The summed E-state index contributed by atoms with van der Waals surface area (Å²) in [5, 5.41) is 9.82. The Bertz CT molecular complexity index is 3370. The number of rotatable bonds is 5. The molecule has 0 radical (unpaired) electrons. The molecular formula is C54H34N2O. The largest absolute Gasteiger partial charge is 0.453 e. The molecule has 0 bridgehead atoms. The van der Waals surface area contributed by atoms with Crippen molar-refractivity contribution in [1.29, 1.82) is 0 Å². The van der Waals surface area contributed by atoms with E-state index < -0.39 is 0 Å². The Morgan fingerprint density at radius 3 is 1.70 bits per heavy atom. The van der Waals surface area contributed by atoms with E-state index in [0.29, 0.717) is 0 Å². The summed E-state index contributed by atoms with van der Waals surface area (Å²) in [6, 6.07) is 74.5. The van der Waals surface area contributed by atoms with Gasteiger partial charge in [-0.3, -0.25) is 0 Å². The molecule has 12 rings (SSSR count). The molecule has 0 saturated heterocycles. The van der Waals surface area contributed by atoms with Crippen LogP contribution in [-0.2, 0) is 0 Å². The predicted molar refractivity (Wildman–Crippen MR) is 239 cm³/mol. The van der Waals surface area contributed by atoms with E-state index in [2.05, 4.69) is 216 Å². The van der Waals surface area contributed by atoms with Crippen molar-refractivity contribution in [2.75, 3.05) is 4.90 Å². The normalized spacial score (nSPS) is 12.0. The Kier molecular flexibility index (Phi) is 6.93. The van der Waals surface area contributed by atoms with Crippen LogP contribution < -0.4 is 9.64 Å².